The molecule has 0 aliphatic carbocycles. The largest absolute Gasteiger partial charge is 0.369 e. The molecule has 16 heavy (non-hydrogen) atoms. The van der Waals surface area contributed by atoms with Crippen molar-refractivity contribution in [2.24, 2.45) is 0 Å². The zero-order valence-electron chi connectivity index (χ0n) is 10.4. The molecule has 0 spiro atoms. The second-order valence-electron chi connectivity index (χ2n) is 4.40. The van der Waals surface area contributed by atoms with E-state index < -0.39 is 0 Å². The Hall–Kier alpha value is -1.02. The molecule has 1 aliphatic heterocycles. The van der Waals surface area contributed by atoms with Gasteiger partial charge in [0.2, 0.25) is 0 Å². The van der Waals surface area contributed by atoms with Gasteiger partial charge in [0.25, 0.3) is 0 Å². The lowest BCUT2D eigenvalue weighted by Gasteiger charge is -2.36. The number of piperazine rings is 1. The van der Waals surface area contributed by atoms with Crippen LogP contribution in [0.4, 0.5) is 5.69 Å². The molecule has 0 amide bonds. The summed E-state index contributed by atoms with van der Waals surface area (Å²) in [5.74, 6) is 0. The first kappa shape index (κ1) is 11.5. The molecule has 0 unspecified atom stereocenters. The highest BCUT2D eigenvalue weighted by Gasteiger charge is 2.16. The van der Waals surface area contributed by atoms with Crippen LogP contribution in [0, 0.1) is 0 Å². The van der Waals surface area contributed by atoms with Crippen LogP contribution in [0.15, 0.2) is 24.3 Å². The van der Waals surface area contributed by atoms with Gasteiger partial charge in [-0.05, 0) is 24.6 Å². The highest BCUT2D eigenvalue weighted by Crippen LogP contribution is 2.22. The van der Waals surface area contributed by atoms with Crippen LogP contribution in [0.5, 0.6) is 0 Å². The molecule has 1 aliphatic rings. The first-order valence-electron chi connectivity index (χ1n) is 6.40. The van der Waals surface area contributed by atoms with Gasteiger partial charge in [0, 0.05) is 31.9 Å². The molecule has 0 N–H and O–H groups in total. The van der Waals surface area contributed by atoms with Crippen LogP contribution in [0.2, 0.25) is 0 Å². The first-order valence-corrected chi connectivity index (χ1v) is 6.40. The molecule has 0 saturated carbocycles. The highest BCUT2D eigenvalue weighted by atomic mass is 15.3. The van der Waals surface area contributed by atoms with E-state index in [1.165, 1.54) is 44.0 Å². The summed E-state index contributed by atoms with van der Waals surface area (Å²) in [4.78, 5) is 5.05. The quantitative estimate of drug-likeness (QED) is 0.768. The minimum absolute atomic E-state index is 1.13. The third-order valence-electron chi connectivity index (χ3n) is 3.53. The Labute approximate surface area is 98.9 Å². The van der Waals surface area contributed by atoms with E-state index in [0.29, 0.717) is 0 Å². The fourth-order valence-corrected chi connectivity index (χ4v) is 2.42. The Morgan fingerprint density at radius 2 is 1.69 bits per heavy atom. The zero-order valence-corrected chi connectivity index (χ0v) is 10.4. The van der Waals surface area contributed by atoms with E-state index in [1.54, 1.807) is 0 Å². The van der Waals surface area contributed by atoms with Gasteiger partial charge in [-0.1, -0.05) is 32.0 Å². The van der Waals surface area contributed by atoms with Crippen LogP contribution < -0.4 is 4.90 Å². The lowest BCUT2D eigenvalue weighted by molar-refractivity contribution is 0.271. The Morgan fingerprint density at radius 1 is 1.00 bits per heavy atom. The molecule has 2 rings (SSSR count). The fourth-order valence-electron chi connectivity index (χ4n) is 2.42. The molecule has 2 nitrogen and oxygen atoms in total. The fraction of sp³-hybridized carbons (Fsp3) is 0.571. The third-order valence-corrected chi connectivity index (χ3v) is 3.53. The number of nitrogens with zero attached hydrogens (tertiary/aromatic N) is 2. The average Bonchev–Trinajstić information content (AvgIpc) is 2.39. The van der Waals surface area contributed by atoms with Crippen molar-refractivity contribution in [1.82, 2.24) is 4.90 Å². The van der Waals surface area contributed by atoms with Gasteiger partial charge in [-0.2, -0.15) is 0 Å². The van der Waals surface area contributed by atoms with E-state index in [-0.39, 0.29) is 0 Å². The number of rotatable bonds is 3. The van der Waals surface area contributed by atoms with E-state index in [9.17, 15) is 0 Å². The van der Waals surface area contributed by atoms with Gasteiger partial charge in [-0.25, -0.2) is 0 Å². The molecule has 2 heteroatoms. The smallest absolute Gasteiger partial charge is 0.0399 e. The van der Waals surface area contributed by atoms with Crippen molar-refractivity contribution in [3.05, 3.63) is 29.8 Å². The topological polar surface area (TPSA) is 6.48 Å². The van der Waals surface area contributed by atoms with E-state index in [0.717, 1.165) is 6.42 Å². The summed E-state index contributed by atoms with van der Waals surface area (Å²) in [7, 11) is 0. The Morgan fingerprint density at radius 3 is 2.31 bits per heavy atom. The molecular weight excluding hydrogens is 196 g/mol. The number of aryl methyl sites for hydroxylation is 1. The molecule has 88 valence electrons. The third kappa shape index (κ3) is 2.38. The molecule has 0 radical (unpaired) electrons. The van der Waals surface area contributed by atoms with Crippen LogP contribution in [-0.4, -0.2) is 37.6 Å². The predicted octanol–water partition coefficient (Wildman–Crippen LogP) is 2.39. The van der Waals surface area contributed by atoms with Gasteiger partial charge in [-0.15, -0.1) is 0 Å². The molecule has 1 heterocycles. The van der Waals surface area contributed by atoms with Crippen molar-refractivity contribution >= 4 is 5.69 Å². The Balaban J connectivity index is 2.07. The maximum absolute atomic E-state index is 2.53. The molecular formula is C14H22N2. The maximum Gasteiger partial charge on any atom is 0.0399 e. The summed E-state index contributed by atoms with van der Waals surface area (Å²) >= 11 is 0. The summed E-state index contributed by atoms with van der Waals surface area (Å²) in [5.41, 5.74) is 2.92. The SMILES string of the molecule is CCc1ccccc1N1CCN(CC)CC1. The molecule has 1 fully saturated rings. The summed E-state index contributed by atoms with van der Waals surface area (Å²) in [6.07, 6.45) is 1.13. The van der Waals surface area contributed by atoms with Gasteiger partial charge >= 0.3 is 0 Å². The second-order valence-corrected chi connectivity index (χ2v) is 4.40. The molecule has 1 saturated heterocycles. The summed E-state index contributed by atoms with van der Waals surface area (Å²) in [5, 5.41) is 0. The predicted molar refractivity (Wildman–Crippen MR) is 70.1 cm³/mol. The maximum atomic E-state index is 2.53. The van der Waals surface area contributed by atoms with Gasteiger partial charge < -0.3 is 9.80 Å². The number of benzene rings is 1. The first-order chi connectivity index (χ1) is 7.85. The van der Waals surface area contributed by atoms with Crippen molar-refractivity contribution in [1.29, 1.82) is 0 Å². The van der Waals surface area contributed by atoms with Crippen molar-refractivity contribution in [2.75, 3.05) is 37.6 Å². The number of hydrogen-bond acceptors (Lipinski definition) is 2. The van der Waals surface area contributed by atoms with Crippen LogP contribution in [-0.2, 0) is 6.42 Å². The van der Waals surface area contributed by atoms with Crippen LogP contribution in [0.3, 0.4) is 0 Å². The normalized spacial score (nSPS) is 17.8. The Bertz CT molecular complexity index is 327. The second kappa shape index (κ2) is 5.35. The minimum Gasteiger partial charge on any atom is -0.369 e. The lowest BCUT2D eigenvalue weighted by Crippen LogP contribution is -2.46. The standard InChI is InChI=1S/C14H22N2/c1-3-13-7-5-6-8-14(13)16-11-9-15(4-2)10-12-16/h5-8H,3-4,9-12H2,1-2H3. The van der Waals surface area contributed by atoms with Crippen molar-refractivity contribution in [3.63, 3.8) is 0 Å². The zero-order chi connectivity index (χ0) is 11.4. The summed E-state index contributed by atoms with van der Waals surface area (Å²) in [6, 6.07) is 8.81. The highest BCUT2D eigenvalue weighted by molar-refractivity contribution is 5.54. The van der Waals surface area contributed by atoms with E-state index >= 15 is 0 Å². The molecule has 0 bridgehead atoms. The van der Waals surface area contributed by atoms with Crippen LogP contribution in [0.25, 0.3) is 0 Å². The number of hydrogen-bond donors (Lipinski definition) is 0. The number of likely N-dealkylation sites (N-methyl/N-ethyl adjacent to an activating group) is 1. The van der Waals surface area contributed by atoms with Crippen LogP contribution >= 0.6 is 0 Å². The van der Waals surface area contributed by atoms with Crippen molar-refractivity contribution < 1.29 is 0 Å². The average molecular weight is 218 g/mol. The van der Waals surface area contributed by atoms with E-state index in [1.807, 2.05) is 0 Å². The van der Waals surface area contributed by atoms with Crippen LogP contribution in [0.1, 0.15) is 19.4 Å². The van der Waals surface area contributed by atoms with E-state index in [2.05, 4.69) is 47.9 Å². The van der Waals surface area contributed by atoms with E-state index in [4.69, 9.17) is 0 Å². The molecule has 0 aromatic heterocycles. The van der Waals surface area contributed by atoms with Crippen molar-refractivity contribution in [3.8, 4) is 0 Å². The lowest BCUT2D eigenvalue weighted by atomic mass is 10.1. The van der Waals surface area contributed by atoms with Gasteiger partial charge in [-0.3, -0.25) is 0 Å². The molecule has 1 aromatic rings. The number of anilines is 1. The van der Waals surface area contributed by atoms with Gasteiger partial charge in [0.1, 0.15) is 0 Å². The summed E-state index contributed by atoms with van der Waals surface area (Å²) in [6.45, 7) is 10.4. The molecule has 1 aromatic carbocycles. The minimum atomic E-state index is 1.13. The van der Waals surface area contributed by atoms with Gasteiger partial charge in [0.05, 0.1) is 0 Å². The Kier molecular flexibility index (Phi) is 3.83. The van der Waals surface area contributed by atoms with Gasteiger partial charge in [0.15, 0.2) is 0 Å². The monoisotopic (exact) mass is 218 g/mol. The number of para-hydroxylation sites is 1. The van der Waals surface area contributed by atoms with Crippen molar-refractivity contribution in [2.45, 2.75) is 20.3 Å². The summed E-state index contributed by atoms with van der Waals surface area (Å²) < 4.78 is 0. The molecule has 0 atom stereocenters.